The number of sulfonamides is 1. The highest BCUT2D eigenvalue weighted by Gasteiger charge is 2.27. The molecule has 3 amide bonds. The van der Waals surface area contributed by atoms with Crippen molar-refractivity contribution < 1.29 is 18.0 Å². The maximum Gasteiger partial charge on any atom is 0.321 e. The van der Waals surface area contributed by atoms with Gasteiger partial charge in [-0.1, -0.05) is 11.6 Å². The Morgan fingerprint density at radius 1 is 1.07 bits per heavy atom. The van der Waals surface area contributed by atoms with Gasteiger partial charge < -0.3 is 9.88 Å². The molecule has 1 aromatic heterocycles. The fraction of sp³-hybridized carbons (Fsp3) is 0.550. The second-order valence-electron chi connectivity index (χ2n) is 7.60. The molecule has 0 saturated carbocycles. The van der Waals surface area contributed by atoms with Gasteiger partial charge in [-0.2, -0.15) is 4.31 Å². The molecule has 2 aliphatic rings. The van der Waals surface area contributed by atoms with Gasteiger partial charge in [0.1, 0.15) is 6.54 Å². The Balaban J connectivity index is 1.54. The van der Waals surface area contributed by atoms with Crippen molar-refractivity contribution in [2.45, 2.75) is 56.4 Å². The molecule has 9 nitrogen and oxygen atoms in total. The van der Waals surface area contributed by atoms with Gasteiger partial charge in [-0.3, -0.25) is 14.9 Å². The van der Waals surface area contributed by atoms with Crippen molar-refractivity contribution in [3.63, 3.8) is 0 Å². The van der Waals surface area contributed by atoms with Crippen LogP contribution in [0.3, 0.4) is 0 Å². The summed E-state index contributed by atoms with van der Waals surface area (Å²) in [5.74, 6) is -0.692. The summed E-state index contributed by atoms with van der Waals surface area (Å²) < 4.78 is 27.7. The summed E-state index contributed by atoms with van der Waals surface area (Å²) in [5.41, 5.74) is 0.797. The standard InChI is InChI=1S/C20H28N4O5S/c25-18(22-20(27)21-11-10-16-6-2-1-3-7-16)15-23-14-17(8-9-19(23)26)30(28,29)24-12-4-5-13-24/h6,8-9,14H,1-5,7,10-13,15H2,(H2,21,22,25,27). The summed E-state index contributed by atoms with van der Waals surface area (Å²) in [6, 6.07) is 1.73. The van der Waals surface area contributed by atoms with E-state index in [1.807, 2.05) is 0 Å². The molecule has 0 unspecified atom stereocenters. The number of allylic oxidation sites excluding steroid dienone is 1. The minimum atomic E-state index is -3.70. The largest absolute Gasteiger partial charge is 0.337 e. The highest BCUT2D eigenvalue weighted by molar-refractivity contribution is 7.89. The number of pyridine rings is 1. The second kappa shape index (κ2) is 10.0. The molecule has 30 heavy (non-hydrogen) atoms. The van der Waals surface area contributed by atoms with Crippen LogP contribution in [0, 0.1) is 0 Å². The normalized spacial score (nSPS) is 17.4. The molecule has 0 atom stereocenters. The smallest absolute Gasteiger partial charge is 0.321 e. The highest BCUT2D eigenvalue weighted by Crippen LogP contribution is 2.20. The number of carbonyl (C=O) groups excluding carboxylic acids is 2. The lowest BCUT2D eigenvalue weighted by Gasteiger charge is -2.16. The lowest BCUT2D eigenvalue weighted by molar-refractivity contribution is -0.120. The van der Waals surface area contributed by atoms with Crippen molar-refractivity contribution in [1.29, 1.82) is 0 Å². The lowest BCUT2D eigenvalue weighted by atomic mass is 9.97. The van der Waals surface area contributed by atoms with Crippen molar-refractivity contribution in [2.24, 2.45) is 0 Å². The van der Waals surface area contributed by atoms with Gasteiger partial charge in [0.25, 0.3) is 5.56 Å². The molecule has 1 saturated heterocycles. The summed E-state index contributed by atoms with van der Waals surface area (Å²) in [6.07, 6.45) is 10.2. The van der Waals surface area contributed by atoms with Gasteiger partial charge in [0, 0.05) is 31.9 Å². The van der Waals surface area contributed by atoms with E-state index in [9.17, 15) is 22.8 Å². The molecule has 1 fully saturated rings. The van der Waals surface area contributed by atoms with Gasteiger partial charge in [0.05, 0.1) is 4.90 Å². The van der Waals surface area contributed by atoms with E-state index in [2.05, 4.69) is 16.7 Å². The third kappa shape index (κ3) is 5.79. The number of aromatic nitrogens is 1. The number of nitrogens with one attached hydrogen (secondary N) is 2. The summed E-state index contributed by atoms with van der Waals surface area (Å²) >= 11 is 0. The molecule has 1 aromatic rings. The predicted octanol–water partition coefficient (Wildman–Crippen LogP) is 1.35. The number of nitrogens with zero attached hydrogens (tertiary/aromatic N) is 2. The molecular formula is C20H28N4O5S. The predicted molar refractivity (Wildman–Crippen MR) is 111 cm³/mol. The number of hydrogen-bond donors (Lipinski definition) is 2. The maximum absolute atomic E-state index is 12.7. The topological polar surface area (TPSA) is 118 Å². The number of rotatable bonds is 7. The van der Waals surface area contributed by atoms with Gasteiger partial charge in [-0.05, 0) is 51.0 Å². The second-order valence-corrected chi connectivity index (χ2v) is 9.54. The zero-order chi connectivity index (χ0) is 21.6. The van der Waals surface area contributed by atoms with Crippen LogP contribution in [0.2, 0.25) is 0 Å². The van der Waals surface area contributed by atoms with Crippen LogP contribution in [-0.2, 0) is 21.4 Å². The van der Waals surface area contributed by atoms with E-state index in [0.29, 0.717) is 19.6 Å². The van der Waals surface area contributed by atoms with Crippen LogP contribution in [0.4, 0.5) is 4.79 Å². The Kier molecular flexibility index (Phi) is 7.43. The minimum absolute atomic E-state index is 0.0398. The van der Waals surface area contributed by atoms with E-state index < -0.39 is 34.1 Å². The average Bonchev–Trinajstić information content (AvgIpc) is 3.26. The Hall–Kier alpha value is -2.46. The molecule has 0 radical (unpaired) electrons. The Bertz CT molecular complexity index is 977. The number of carbonyl (C=O) groups is 2. The summed E-state index contributed by atoms with van der Waals surface area (Å²) in [5, 5.41) is 4.81. The van der Waals surface area contributed by atoms with E-state index in [4.69, 9.17) is 0 Å². The van der Waals surface area contributed by atoms with Crippen LogP contribution >= 0.6 is 0 Å². The van der Waals surface area contributed by atoms with Gasteiger partial charge in [-0.15, -0.1) is 0 Å². The third-order valence-corrected chi connectivity index (χ3v) is 7.22. The van der Waals surface area contributed by atoms with Crippen LogP contribution in [0.5, 0.6) is 0 Å². The fourth-order valence-corrected chi connectivity index (χ4v) is 5.23. The number of hydrogen-bond acceptors (Lipinski definition) is 5. The van der Waals surface area contributed by atoms with Gasteiger partial charge in [0.2, 0.25) is 15.9 Å². The van der Waals surface area contributed by atoms with Crippen molar-refractivity contribution in [1.82, 2.24) is 19.5 Å². The van der Waals surface area contributed by atoms with Crippen molar-refractivity contribution in [3.8, 4) is 0 Å². The first-order valence-electron chi connectivity index (χ1n) is 10.3. The zero-order valence-corrected chi connectivity index (χ0v) is 17.7. The van der Waals surface area contributed by atoms with E-state index in [1.165, 1.54) is 22.4 Å². The van der Waals surface area contributed by atoms with Crippen LogP contribution < -0.4 is 16.2 Å². The molecular weight excluding hydrogens is 408 g/mol. The van der Waals surface area contributed by atoms with Gasteiger partial charge in [-0.25, -0.2) is 13.2 Å². The Morgan fingerprint density at radius 3 is 2.53 bits per heavy atom. The van der Waals surface area contributed by atoms with Crippen LogP contribution in [0.1, 0.15) is 44.9 Å². The SMILES string of the molecule is O=C(Cn1cc(S(=O)(=O)N2CCCC2)ccc1=O)NC(=O)NCCC1=CCCCC1. The molecule has 0 aromatic carbocycles. The number of imide groups is 1. The Labute approximate surface area is 176 Å². The van der Waals surface area contributed by atoms with Crippen molar-refractivity contribution in [2.75, 3.05) is 19.6 Å². The van der Waals surface area contributed by atoms with E-state index in [0.717, 1.165) is 55.4 Å². The van der Waals surface area contributed by atoms with Crippen LogP contribution in [0.25, 0.3) is 0 Å². The molecule has 1 aliphatic carbocycles. The molecule has 10 heteroatoms. The van der Waals surface area contributed by atoms with Gasteiger partial charge in [0.15, 0.2) is 0 Å². The monoisotopic (exact) mass is 436 g/mol. The summed E-state index contributed by atoms with van der Waals surface area (Å²) in [7, 11) is -3.70. The van der Waals surface area contributed by atoms with Crippen LogP contribution in [-0.4, -0.2) is 48.9 Å². The van der Waals surface area contributed by atoms with Gasteiger partial charge >= 0.3 is 6.03 Å². The molecule has 0 bridgehead atoms. The average molecular weight is 437 g/mol. The zero-order valence-electron chi connectivity index (χ0n) is 16.9. The van der Waals surface area contributed by atoms with Crippen LogP contribution in [0.15, 0.2) is 39.7 Å². The fourth-order valence-electron chi connectivity index (χ4n) is 3.70. The lowest BCUT2D eigenvalue weighted by Crippen LogP contribution is -2.42. The first-order chi connectivity index (χ1) is 14.4. The molecule has 3 rings (SSSR count). The minimum Gasteiger partial charge on any atom is -0.337 e. The first-order valence-corrected chi connectivity index (χ1v) is 11.8. The molecule has 164 valence electrons. The highest BCUT2D eigenvalue weighted by atomic mass is 32.2. The third-order valence-electron chi connectivity index (χ3n) is 5.34. The molecule has 2 heterocycles. The van der Waals surface area contributed by atoms with E-state index in [-0.39, 0.29) is 4.90 Å². The molecule has 0 spiro atoms. The molecule has 1 aliphatic heterocycles. The number of urea groups is 1. The number of amides is 3. The maximum atomic E-state index is 12.7. The summed E-state index contributed by atoms with van der Waals surface area (Å²) in [4.78, 5) is 36.1. The summed E-state index contributed by atoms with van der Waals surface area (Å²) in [6.45, 7) is 0.868. The quantitative estimate of drug-likeness (QED) is 0.626. The van der Waals surface area contributed by atoms with E-state index in [1.54, 1.807) is 0 Å². The Morgan fingerprint density at radius 2 is 1.83 bits per heavy atom. The molecule has 2 N–H and O–H groups in total. The van der Waals surface area contributed by atoms with Crippen molar-refractivity contribution in [3.05, 3.63) is 40.3 Å². The first kappa shape index (κ1) is 22.2. The van der Waals surface area contributed by atoms with E-state index >= 15 is 0 Å². The van der Waals surface area contributed by atoms with Crippen molar-refractivity contribution >= 4 is 22.0 Å².